The van der Waals surface area contributed by atoms with Gasteiger partial charge >= 0.3 is 0 Å². The number of benzene rings is 2. The Kier molecular flexibility index (Phi) is 3.33. The first-order valence-corrected chi connectivity index (χ1v) is 5.52. The molecule has 0 radical (unpaired) electrons. The molecule has 0 aliphatic rings. The number of halogens is 1. The first-order valence-electron chi connectivity index (χ1n) is 5.52. The van der Waals surface area contributed by atoms with E-state index in [1.807, 2.05) is 0 Å². The summed E-state index contributed by atoms with van der Waals surface area (Å²) in [7, 11) is 1.73. The minimum atomic E-state index is -0.540. The molecule has 0 aromatic heterocycles. The summed E-state index contributed by atoms with van der Waals surface area (Å²) in [5.41, 5.74) is 6.84. The van der Waals surface area contributed by atoms with Gasteiger partial charge in [0.2, 0.25) is 0 Å². The molecule has 0 heterocycles. The van der Waals surface area contributed by atoms with Gasteiger partial charge < -0.3 is 10.6 Å². The van der Waals surface area contributed by atoms with Gasteiger partial charge in [-0.05, 0) is 30.3 Å². The number of nitrogens with two attached hydrogens (primary N) is 1. The van der Waals surface area contributed by atoms with Crippen LogP contribution in [0.1, 0.15) is 0 Å². The monoisotopic (exact) mass is 261 g/mol. The maximum Gasteiger partial charge on any atom is 0.292 e. The summed E-state index contributed by atoms with van der Waals surface area (Å²) in [6.45, 7) is 0. The Bertz CT molecular complexity index is 631. The van der Waals surface area contributed by atoms with Crippen molar-refractivity contribution in [1.29, 1.82) is 0 Å². The molecule has 2 rings (SSSR count). The van der Waals surface area contributed by atoms with Crippen LogP contribution in [0.25, 0.3) is 0 Å². The summed E-state index contributed by atoms with van der Waals surface area (Å²) < 4.78 is 13.2. The third-order valence-electron chi connectivity index (χ3n) is 2.79. The molecular weight excluding hydrogens is 249 g/mol. The molecule has 19 heavy (non-hydrogen) atoms. The second-order valence-electron chi connectivity index (χ2n) is 4.04. The van der Waals surface area contributed by atoms with E-state index in [0.717, 1.165) is 0 Å². The van der Waals surface area contributed by atoms with Gasteiger partial charge in [0.25, 0.3) is 5.69 Å². The average molecular weight is 261 g/mol. The van der Waals surface area contributed by atoms with Crippen LogP contribution < -0.4 is 10.6 Å². The minimum Gasteiger partial charge on any atom is -0.393 e. The zero-order chi connectivity index (χ0) is 14.0. The Morgan fingerprint density at radius 3 is 2.47 bits per heavy atom. The van der Waals surface area contributed by atoms with Crippen molar-refractivity contribution in [3.63, 3.8) is 0 Å². The van der Waals surface area contributed by atoms with Crippen molar-refractivity contribution in [2.24, 2.45) is 0 Å². The van der Waals surface area contributed by atoms with Gasteiger partial charge in [0, 0.05) is 24.5 Å². The van der Waals surface area contributed by atoms with Crippen LogP contribution in [0.15, 0.2) is 42.5 Å². The average Bonchev–Trinajstić information content (AvgIpc) is 2.37. The maximum absolute atomic E-state index is 13.2. The Morgan fingerprint density at radius 1 is 1.21 bits per heavy atom. The lowest BCUT2D eigenvalue weighted by atomic mass is 10.2. The van der Waals surface area contributed by atoms with E-state index in [0.29, 0.717) is 11.4 Å². The van der Waals surface area contributed by atoms with E-state index in [4.69, 9.17) is 5.73 Å². The molecule has 0 spiro atoms. The van der Waals surface area contributed by atoms with Gasteiger partial charge in [-0.25, -0.2) is 4.39 Å². The highest BCUT2D eigenvalue weighted by Crippen LogP contribution is 2.30. The number of hydrogen-bond donors (Lipinski definition) is 1. The molecule has 0 saturated carbocycles. The molecule has 0 atom stereocenters. The topological polar surface area (TPSA) is 72.4 Å². The number of hydrogen-bond acceptors (Lipinski definition) is 4. The van der Waals surface area contributed by atoms with E-state index >= 15 is 0 Å². The molecular formula is C13H12FN3O2. The third-order valence-corrected chi connectivity index (χ3v) is 2.79. The van der Waals surface area contributed by atoms with Crippen LogP contribution in [0.5, 0.6) is 0 Å². The van der Waals surface area contributed by atoms with Crippen LogP contribution in [-0.2, 0) is 0 Å². The number of nitrogen functional groups attached to an aromatic ring is 1. The molecule has 6 heteroatoms. The van der Waals surface area contributed by atoms with Crippen molar-refractivity contribution >= 4 is 22.7 Å². The van der Waals surface area contributed by atoms with Crippen LogP contribution in [-0.4, -0.2) is 12.0 Å². The fourth-order valence-corrected chi connectivity index (χ4v) is 1.75. The van der Waals surface area contributed by atoms with Gasteiger partial charge in [-0.2, -0.15) is 0 Å². The smallest absolute Gasteiger partial charge is 0.292 e. The Labute approximate surface area is 109 Å². The number of nitro benzene ring substituents is 1. The van der Waals surface area contributed by atoms with E-state index in [-0.39, 0.29) is 17.2 Å². The summed E-state index contributed by atoms with van der Waals surface area (Å²) >= 11 is 0. The highest BCUT2D eigenvalue weighted by molar-refractivity contribution is 5.71. The molecule has 5 nitrogen and oxygen atoms in total. The molecule has 0 amide bonds. The van der Waals surface area contributed by atoms with Gasteiger partial charge in [-0.15, -0.1) is 0 Å². The second kappa shape index (κ2) is 4.93. The van der Waals surface area contributed by atoms with Gasteiger partial charge in [0.15, 0.2) is 0 Å². The van der Waals surface area contributed by atoms with Crippen LogP contribution in [0.2, 0.25) is 0 Å². The van der Waals surface area contributed by atoms with Gasteiger partial charge in [-0.3, -0.25) is 10.1 Å². The highest BCUT2D eigenvalue weighted by atomic mass is 19.1. The third kappa shape index (κ3) is 2.62. The molecule has 0 fully saturated rings. The summed E-state index contributed by atoms with van der Waals surface area (Å²) in [5, 5.41) is 10.7. The Balaban J connectivity index is 2.37. The SMILES string of the molecule is CN(c1cccc(F)c1)c1ccc([N+](=O)[O-])c(N)c1. The second-order valence-corrected chi connectivity index (χ2v) is 4.04. The number of rotatable bonds is 3. The van der Waals surface area contributed by atoms with E-state index in [9.17, 15) is 14.5 Å². The van der Waals surface area contributed by atoms with Crippen LogP contribution in [0, 0.1) is 15.9 Å². The lowest BCUT2D eigenvalue weighted by Crippen LogP contribution is -2.10. The van der Waals surface area contributed by atoms with Gasteiger partial charge in [0.05, 0.1) is 4.92 Å². The van der Waals surface area contributed by atoms with Crippen molar-refractivity contribution in [2.45, 2.75) is 0 Å². The van der Waals surface area contributed by atoms with Crippen molar-refractivity contribution in [1.82, 2.24) is 0 Å². The van der Waals surface area contributed by atoms with Crippen molar-refractivity contribution in [2.75, 3.05) is 17.7 Å². The van der Waals surface area contributed by atoms with Crippen molar-refractivity contribution in [3.8, 4) is 0 Å². The zero-order valence-corrected chi connectivity index (χ0v) is 10.2. The number of nitrogens with zero attached hydrogens (tertiary/aromatic N) is 2. The predicted molar refractivity (Wildman–Crippen MR) is 72.0 cm³/mol. The van der Waals surface area contributed by atoms with Crippen LogP contribution in [0.4, 0.5) is 27.1 Å². The first-order chi connectivity index (χ1) is 8.99. The van der Waals surface area contributed by atoms with Crippen molar-refractivity contribution in [3.05, 3.63) is 58.4 Å². The van der Waals surface area contributed by atoms with Crippen LogP contribution in [0.3, 0.4) is 0 Å². The predicted octanol–water partition coefficient (Wildman–Crippen LogP) is 3.08. The summed E-state index contributed by atoms with van der Waals surface area (Å²) in [5.74, 6) is -0.348. The lowest BCUT2D eigenvalue weighted by Gasteiger charge is -2.19. The van der Waals surface area contributed by atoms with Crippen molar-refractivity contribution < 1.29 is 9.31 Å². The Morgan fingerprint density at radius 2 is 1.89 bits per heavy atom. The minimum absolute atomic E-state index is 0.0748. The number of nitro groups is 1. The molecule has 0 saturated heterocycles. The van der Waals surface area contributed by atoms with E-state index < -0.39 is 4.92 Å². The van der Waals surface area contributed by atoms with E-state index in [2.05, 4.69) is 0 Å². The summed E-state index contributed by atoms with van der Waals surface area (Å²) in [6, 6.07) is 10.4. The Hall–Kier alpha value is -2.63. The first kappa shape index (κ1) is 12.8. The van der Waals surface area contributed by atoms with E-state index in [1.165, 1.54) is 24.3 Å². The molecule has 2 N–H and O–H groups in total. The molecule has 2 aromatic carbocycles. The van der Waals surface area contributed by atoms with Gasteiger partial charge in [-0.1, -0.05) is 6.07 Å². The molecule has 0 bridgehead atoms. The molecule has 98 valence electrons. The number of anilines is 3. The largest absolute Gasteiger partial charge is 0.393 e. The molecule has 0 aliphatic carbocycles. The lowest BCUT2D eigenvalue weighted by molar-refractivity contribution is -0.383. The molecule has 0 aliphatic heterocycles. The van der Waals surface area contributed by atoms with Crippen LogP contribution >= 0.6 is 0 Å². The molecule has 2 aromatic rings. The standard InChI is InChI=1S/C13H12FN3O2/c1-16(10-4-2-3-9(14)7-10)11-5-6-13(17(18)19)12(15)8-11/h2-8H,15H2,1H3. The normalized spacial score (nSPS) is 10.2. The van der Waals surface area contributed by atoms with E-state index in [1.54, 1.807) is 30.1 Å². The fourth-order valence-electron chi connectivity index (χ4n) is 1.75. The maximum atomic E-state index is 13.2. The quantitative estimate of drug-likeness (QED) is 0.523. The highest BCUT2D eigenvalue weighted by Gasteiger charge is 2.13. The fraction of sp³-hybridized carbons (Fsp3) is 0.0769. The summed E-state index contributed by atoms with van der Waals surface area (Å²) in [4.78, 5) is 11.8. The van der Waals surface area contributed by atoms with Gasteiger partial charge in [0.1, 0.15) is 11.5 Å². The molecule has 0 unspecified atom stereocenters. The zero-order valence-electron chi connectivity index (χ0n) is 10.2. The summed E-state index contributed by atoms with van der Waals surface area (Å²) in [6.07, 6.45) is 0.